The molecule has 104 valence electrons. The first kappa shape index (κ1) is 13.0. The molecule has 0 spiro atoms. The minimum atomic E-state index is 0.334. The normalized spacial score (nSPS) is 12.4. The molecule has 20 heavy (non-hydrogen) atoms. The number of unbranched alkanes of at least 4 members (excludes halogenated alkanes) is 2. The third-order valence-corrected chi connectivity index (χ3v) is 3.88. The highest BCUT2D eigenvalue weighted by molar-refractivity contribution is 5.80. The van der Waals surface area contributed by atoms with Gasteiger partial charge in [0.1, 0.15) is 18.1 Å². The van der Waals surface area contributed by atoms with Crippen LogP contribution < -0.4 is 4.74 Å². The largest absolute Gasteiger partial charge is 0.507 e. The third-order valence-electron chi connectivity index (χ3n) is 3.88. The fourth-order valence-electron chi connectivity index (χ4n) is 2.81. The van der Waals surface area contributed by atoms with Gasteiger partial charge in [-0.05, 0) is 41.7 Å². The molecule has 2 aromatic carbocycles. The topological polar surface area (TPSA) is 29.5 Å². The van der Waals surface area contributed by atoms with Crippen molar-refractivity contribution in [2.24, 2.45) is 0 Å². The summed E-state index contributed by atoms with van der Waals surface area (Å²) < 4.78 is 5.82. The van der Waals surface area contributed by atoms with Crippen LogP contribution in [0.4, 0.5) is 0 Å². The van der Waals surface area contributed by atoms with Gasteiger partial charge in [-0.15, -0.1) is 0 Å². The number of ether oxygens (including phenoxy) is 1. The lowest BCUT2D eigenvalue weighted by atomic mass is 9.94. The first-order valence-electron chi connectivity index (χ1n) is 7.36. The summed E-state index contributed by atoms with van der Waals surface area (Å²) in [5, 5.41) is 10.4. The summed E-state index contributed by atoms with van der Waals surface area (Å²) in [4.78, 5) is 0. The Balaban J connectivity index is 1.96. The molecule has 0 atom stereocenters. The second kappa shape index (κ2) is 5.58. The summed E-state index contributed by atoms with van der Waals surface area (Å²) in [6.07, 6.45) is 4.59. The first-order valence-corrected chi connectivity index (χ1v) is 7.36. The Kier molecular flexibility index (Phi) is 3.64. The zero-order chi connectivity index (χ0) is 13.9. The van der Waals surface area contributed by atoms with Crippen LogP contribution in [0.5, 0.6) is 11.5 Å². The van der Waals surface area contributed by atoms with Crippen LogP contribution in [0, 0.1) is 0 Å². The molecule has 0 saturated heterocycles. The van der Waals surface area contributed by atoms with Crippen molar-refractivity contribution in [2.75, 3.05) is 0 Å². The molecule has 1 aliphatic heterocycles. The molecule has 0 amide bonds. The molecule has 1 aliphatic rings. The van der Waals surface area contributed by atoms with E-state index >= 15 is 0 Å². The maximum absolute atomic E-state index is 10.4. The van der Waals surface area contributed by atoms with E-state index in [1.54, 1.807) is 0 Å². The van der Waals surface area contributed by atoms with Crippen molar-refractivity contribution in [3.8, 4) is 22.6 Å². The summed E-state index contributed by atoms with van der Waals surface area (Å²) >= 11 is 0. The van der Waals surface area contributed by atoms with Crippen molar-refractivity contribution in [1.82, 2.24) is 0 Å². The molecule has 0 bridgehead atoms. The van der Waals surface area contributed by atoms with E-state index in [9.17, 15) is 5.11 Å². The lowest BCUT2D eigenvalue weighted by Crippen LogP contribution is -2.06. The van der Waals surface area contributed by atoms with Crippen molar-refractivity contribution in [1.29, 1.82) is 0 Å². The number of phenolic OH excluding ortho intramolecular Hbond substituents is 1. The van der Waals surface area contributed by atoms with Gasteiger partial charge >= 0.3 is 0 Å². The second-order valence-corrected chi connectivity index (χ2v) is 5.39. The minimum Gasteiger partial charge on any atom is -0.507 e. The van der Waals surface area contributed by atoms with E-state index in [-0.39, 0.29) is 0 Å². The Hall–Kier alpha value is -1.96. The molecular weight excluding hydrogens is 248 g/mol. The van der Waals surface area contributed by atoms with Crippen molar-refractivity contribution >= 4 is 0 Å². The highest BCUT2D eigenvalue weighted by atomic mass is 16.5. The van der Waals surface area contributed by atoms with Crippen LogP contribution in [0.25, 0.3) is 11.1 Å². The Bertz CT molecular complexity index is 617. The summed E-state index contributed by atoms with van der Waals surface area (Å²) in [6, 6.07) is 12.1. The maximum atomic E-state index is 10.4. The van der Waals surface area contributed by atoms with Crippen LogP contribution >= 0.6 is 0 Å². The van der Waals surface area contributed by atoms with Crippen molar-refractivity contribution in [3.63, 3.8) is 0 Å². The van der Waals surface area contributed by atoms with E-state index in [2.05, 4.69) is 13.0 Å². The first-order chi connectivity index (χ1) is 9.79. The monoisotopic (exact) mass is 268 g/mol. The molecule has 0 saturated carbocycles. The van der Waals surface area contributed by atoms with Crippen molar-refractivity contribution in [2.45, 2.75) is 39.2 Å². The number of aromatic hydroxyl groups is 1. The Morgan fingerprint density at radius 1 is 1.15 bits per heavy atom. The van der Waals surface area contributed by atoms with Gasteiger partial charge in [0.15, 0.2) is 0 Å². The summed E-state index contributed by atoms with van der Waals surface area (Å²) in [7, 11) is 0. The number of rotatable bonds is 4. The highest BCUT2D eigenvalue weighted by Gasteiger charge is 2.20. The molecule has 2 nitrogen and oxygen atoms in total. The molecule has 1 N–H and O–H groups in total. The average molecular weight is 268 g/mol. The van der Waals surface area contributed by atoms with Gasteiger partial charge in [-0.25, -0.2) is 0 Å². The van der Waals surface area contributed by atoms with E-state index in [1.165, 1.54) is 12.8 Å². The maximum Gasteiger partial charge on any atom is 0.131 e. The zero-order valence-corrected chi connectivity index (χ0v) is 11.9. The number of benzene rings is 2. The Labute approximate surface area is 120 Å². The molecule has 0 unspecified atom stereocenters. The van der Waals surface area contributed by atoms with Gasteiger partial charge in [-0.1, -0.05) is 44.0 Å². The van der Waals surface area contributed by atoms with E-state index in [1.807, 2.05) is 30.3 Å². The minimum absolute atomic E-state index is 0.334. The van der Waals surface area contributed by atoms with E-state index in [0.717, 1.165) is 40.8 Å². The predicted molar refractivity (Wildman–Crippen MR) is 81.1 cm³/mol. The second-order valence-electron chi connectivity index (χ2n) is 5.39. The lowest BCUT2D eigenvalue weighted by Gasteiger charge is -2.22. The summed E-state index contributed by atoms with van der Waals surface area (Å²) in [6.45, 7) is 2.78. The van der Waals surface area contributed by atoms with Crippen LogP contribution in [0.15, 0.2) is 36.4 Å². The molecule has 2 aromatic rings. The van der Waals surface area contributed by atoms with Gasteiger partial charge in [0.05, 0.1) is 5.56 Å². The molecule has 0 aromatic heterocycles. The van der Waals surface area contributed by atoms with Crippen LogP contribution in [0.1, 0.15) is 37.3 Å². The zero-order valence-electron chi connectivity index (χ0n) is 11.9. The highest BCUT2D eigenvalue weighted by Crippen LogP contribution is 2.44. The van der Waals surface area contributed by atoms with Gasteiger partial charge < -0.3 is 9.84 Å². The standard InChI is InChI=1S/C18H20O2/c1-2-3-4-7-13-10-16(19)18-15-9-6-5-8-14(15)12-20-17(18)11-13/h5-6,8-11,19H,2-4,7,12H2,1H3. The summed E-state index contributed by atoms with van der Waals surface area (Å²) in [5.74, 6) is 1.15. The predicted octanol–water partition coefficient (Wildman–Crippen LogP) is 4.68. The van der Waals surface area contributed by atoms with Gasteiger partial charge in [-0.3, -0.25) is 0 Å². The molecule has 1 heterocycles. The molecule has 0 radical (unpaired) electrons. The molecule has 0 aliphatic carbocycles. The quantitative estimate of drug-likeness (QED) is 0.815. The number of hydrogen-bond acceptors (Lipinski definition) is 2. The number of fused-ring (bicyclic) bond motifs is 3. The molecular formula is C18H20O2. The Morgan fingerprint density at radius 3 is 2.85 bits per heavy atom. The van der Waals surface area contributed by atoms with Gasteiger partial charge in [0.2, 0.25) is 0 Å². The molecule has 2 heteroatoms. The van der Waals surface area contributed by atoms with E-state index in [4.69, 9.17) is 4.74 Å². The molecule has 0 fully saturated rings. The average Bonchev–Trinajstić information content (AvgIpc) is 2.47. The van der Waals surface area contributed by atoms with Crippen molar-refractivity contribution in [3.05, 3.63) is 47.5 Å². The van der Waals surface area contributed by atoms with Crippen molar-refractivity contribution < 1.29 is 9.84 Å². The number of phenols is 1. The van der Waals surface area contributed by atoms with Crippen LogP contribution in [-0.2, 0) is 13.0 Å². The number of aryl methyl sites for hydroxylation is 1. The SMILES string of the molecule is CCCCCc1cc(O)c2c(c1)OCc1ccccc1-2. The number of hydrogen-bond donors (Lipinski definition) is 1. The fourth-order valence-corrected chi connectivity index (χ4v) is 2.81. The van der Waals surface area contributed by atoms with E-state index < -0.39 is 0 Å². The molecule has 3 rings (SSSR count). The fraction of sp³-hybridized carbons (Fsp3) is 0.333. The van der Waals surface area contributed by atoms with Crippen LogP contribution in [-0.4, -0.2) is 5.11 Å². The van der Waals surface area contributed by atoms with Gasteiger partial charge in [0.25, 0.3) is 0 Å². The lowest BCUT2D eigenvalue weighted by molar-refractivity contribution is 0.300. The summed E-state index contributed by atoms with van der Waals surface area (Å²) in [5.41, 5.74) is 4.22. The van der Waals surface area contributed by atoms with E-state index in [0.29, 0.717) is 12.4 Å². The van der Waals surface area contributed by atoms with Gasteiger partial charge in [0, 0.05) is 0 Å². The smallest absolute Gasteiger partial charge is 0.131 e. The van der Waals surface area contributed by atoms with Gasteiger partial charge in [-0.2, -0.15) is 0 Å². The third kappa shape index (κ3) is 2.38. The Morgan fingerprint density at radius 2 is 2.00 bits per heavy atom. The van der Waals surface area contributed by atoms with Crippen LogP contribution in [0.2, 0.25) is 0 Å². The van der Waals surface area contributed by atoms with Crippen LogP contribution in [0.3, 0.4) is 0 Å².